The van der Waals surface area contributed by atoms with Crippen LogP contribution in [-0.4, -0.2) is 44.5 Å². The molecule has 0 N–H and O–H groups in total. The summed E-state index contributed by atoms with van der Waals surface area (Å²) in [6, 6.07) is 14.9. The molecule has 1 saturated heterocycles. The lowest BCUT2D eigenvalue weighted by atomic mass is 10.0. The minimum Gasteiger partial charge on any atom is -0.496 e. The number of anilines is 1. The minimum absolute atomic E-state index is 0.0517. The molecule has 6 nitrogen and oxygen atoms in total. The average Bonchev–Trinajstić information content (AvgIpc) is 3.13. The van der Waals surface area contributed by atoms with Crippen LogP contribution in [0.4, 0.5) is 5.69 Å². The number of para-hydroxylation sites is 3. The third-order valence-electron chi connectivity index (χ3n) is 5.37. The summed E-state index contributed by atoms with van der Waals surface area (Å²) in [6.07, 6.45) is 0.194. The normalized spacial score (nSPS) is 17.4. The van der Waals surface area contributed by atoms with Gasteiger partial charge < -0.3 is 19.3 Å². The van der Waals surface area contributed by atoms with Crippen molar-refractivity contribution >= 4 is 17.5 Å². The fourth-order valence-corrected chi connectivity index (χ4v) is 3.66. The third-order valence-corrected chi connectivity index (χ3v) is 5.37. The van der Waals surface area contributed by atoms with Crippen LogP contribution in [0.2, 0.25) is 0 Å². The van der Waals surface area contributed by atoms with Crippen molar-refractivity contribution in [1.29, 1.82) is 0 Å². The first-order valence-corrected chi connectivity index (χ1v) is 9.30. The molecule has 2 aromatic carbocycles. The monoisotopic (exact) mass is 382 g/mol. The summed E-state index contributed by atoms with van der Waals surface area (Å²) in [4.78, 5) is 29.0. The standard InChI is InChI=1S/C22H26N2O4/c1-15(17-9-5-7-11-19(17)27-3)23(2)22(26)16-13-21(25)24(14-16)18-10-6-8-12-20(18)28-4/h5-12,15-16H,13-14H2,1-4H3. The number of nitrogens with zero attached hydrogens (tertiary/aromatic N) is 2. The summed E-state index contributed by atoms with van der Waals surface area (Å²) in [5.41, 5.74) is 1.64. The molecule has 0 aliphatic carbocycles. The molecular weight excluding hydrogens is 356 g/mol. The summed E-state index contributed by atoms with van der Waals surface area (Å²) >= 11 is 0. The molecule has 3 rings (SSSR count). The van der Waals surface area contributed by atoms with Crippen LogP contribution in [0, 0.1) is 5.92 Å². The number of benzene rings is 2. The van der Waals surface area contributed by atoms with E-state index in [1.165, 1.54) is 0 Å². The van der Waals surface area contributed by atoms with Crippen LogP contribution in [0.1, 0.15) is 24.9 Å². The molecule has 0 saturated carbocycles. The molecule has 2 unspecified atom stereocenters. The Hall–Kier alpha value is -3.02. The van der Waals surface area contributed by atoms with Gasteiger partial charge in [0.15, 0.2) is 0 Å². The van der Waals surface area contributed by atoms with Crippen molar-refractivity contribution in [2.45, 2.75) is 19.4 Å². The van der Waals surface area contributed by atoms with Gasteiger partial charge in [0.25, 0.3) is 0 Å². The summed E-state index contributed by atoms with van der Waals surface area (Å²) < 4.78 is 10.8. The molecule has 0 aromatic heterocycles. The van der Waals surface area contributed by atoms with Crippen molar-refractivity contribution in [3.05, 3.63) is 54.1 Å². The summed E-state index contributed by atoms with van der Waals surface area (Å²) in [5, 5.41) is 0. The number of methoxy groups -OCH3 is 2. The summed E-state index contributed by atoms with van der Waals surface area (Å²) in [5.74, 6) is 0.859. The first-order chi connectivity index (χ1) is 13.5. The van der Waals surface area contributed by atoms with Crippen molar-refractivity contribution < 1.29 is 19.1 Å². The van der Waals surface area contributed by atoms with Gasteiger partial charge >= 0.3 is 0 Å². The maximum atomic E-state index is 13.1. The maximum Gasteiger partial charge on any atom is 0.228 e. The van der Waals surface area contributed by atoms with E-state index >= 15 is 0 Å². The van der Waals surface area contributed by atoms with Crippen molar-refractivity contribution in [3.8, 4) is 11.5 Å². The van der Waals surface area contributed by atoms with E-state index in [4.69, 9.17) is 9.47 Å². The van der Waals surface area contributed by atoms with E-state index in [1.807, 2.05) is 55.5 Å². The van der Waals surface area contributed by atoms with Crippen molar-refractivity contribution in [2.24, 2.45) is 5.92 Å². The van der Waals surface area contributed by atoms with Crippen LogP contribution in [0.5, 0.6) is 11.5 Å². The Bertz CT molecular complexity index is 867. The van der Waals surface area contributed by atoms with E-state index in [1.54, 1.807) is 31.1 Å². The number of amides is 2. The molecule has 1 fully saturated rings. The van der Waals surface area contributed by atoms with Crippen LogP contribution in [0.25, 0.3) is 0 Å². The molecule has 0 bridgehead atoms. The number of hydrogen-bond donors (Lipinski definition) is 0. The van der Waals surface area contributed by atoms with Crippen molar-refractivity contribution in [1.82, 2.24) is 4.90 Å². The Labute approximate surface area is 165 Å². The van der Waals surface area contributed by atoms with Gasteiger partial charge in [-0.1, -0.05) is 30.3 Å². The van der Waals surface area contributed by atoms with Crippen molar-refractivity contribution in [3.63, 3.8) is 0 Å². The lowest BCUT2D eigenvalue weighted by Gasteiger charge is -2.29. The number of carbonyl (C=O) groups is 2. The SMILES string of the molecule is COc1ccccc1C(C)N(C)C(=O)C1CC(=O)N(c2ccccc2OC)C1. The van der Waals surface area contributed by atoms with Gasteiger partial charge in [-0.2, -0.15) is 0 Å². The lowest BCUT2D eigenvalue weighted by molar-refractivity contribution is -0.136. The Balaban J connectivity index is 1.77. The van der Waals surface area contributed by atoms with E-state index in [2.05, 4.69) is 0 Å². The highest BCUT2D eigenvalue weighted by Gasteiger charge is 2.38. The van der Waals surface area contributed by atoms with Gasteiger partial charge in [0.05, 0.1) is 31.9 Å². The molecule has 2 atom stereocenters. The molecule has 1 aliphatic heterocycles. The van der Waals surface area contributed by atoms with Gasteiger partial charge in [0.1, 0.15) is 11.5 Å². The van der Waals surface area contributed by atoms with E-state index in [0.29, 0.717) is 18.0 Å². The average molecular weight is 382 g/mol. The second kappa shape index (κ2) is 8.33. The fraction of sp³-hybridized carbons (Fsp3) is 0.364. The second-order valence-corrected chi connectivity index (χ2v) is 6.94. The third kappa shape index (κ3) is 3.67. The van der Waals surface area contributed by atoms with E-state index in [9.17, 15) is 9.59 Å². The highest BCUT2D eigenvalue weighted by molar-refractivity contribution is 6.01. The molecule has 0 spiro atoms. The van der Waals surface area contributed by atoms with E-state index in [-0.39, 0.29) is 30.2 Å². The van der Waals surface area contributed by atoms with Crippen LogP contribution in [0.3, 0.4) is 0 Å². The predicted molar refractivity (Wildman–Crippen MR) is 108 cm³/mol. The van der Waals surface area contributed by atoms with Gasteiger partial charge in [-0.15, -0.1) is 0 Å². The van der Waals surface area contributed by atoms with Gasteiger partial charge in [0, 0.05) is 25.6 Å². The number of ether oxygens (including phenoxy) is 2. The zero-order valence-electron chi connectivity index (χ0n) is 16.7. The molecular formula is C22H26N2O4. The van der Waals surface area contributed by atoms with Gasteiger partial charge in [-0.25, -0.2) is 0 Å². The van der Waals surface area contributed by atoms with Gasteiger partial charge in [0.2, 0.25) is 11.8 Å². The zero-order chi connectivity index (χ0) is 20.3. The molecule has 0 radical (unpaired) electrons. The highest BCUT2D eigenvalue weighted by atomic mass is 16.5. The van der Waals surface area contributed by atoms with Gasteiger partial charge in [-0.3, -0.25) is 9.59 Å². The first kappa shape index (κ1) is 19.7. The molecule has 6 heteroatoms. The predicted octanol–water partition coefficient (Wildman–Crippen LogP) is 3.28. The van der Waals surface area contributed by atoms with Crippen LogP contribution in [-0.2, 0) is 9.59 Å². The Kier molecular flexibility index (Phi) is 5.87. The minimum atomic E-state index is -0.389. The van der Waals surface area contributed by atoms with Gasteiger partial charge in [-0.05, 0) is 25.1 Å². The summed E-state index contributed by atoms with van der Waals surface area (Å²) in [6.45, 7) is 2.31. The molecule has 28 heavy (non-hydrogen) atoms. The van der Waals surface area contributed by atoms with E-state index < -0.39 is 0 Å². The zero-order valence-corrected chi connectivity index (χ0v) is 16.7. The number of hydrogen-bond acceptors (Lipinski definition) is 4. The smallest absolute Gasteiger partial charge is 0.228 e. The fourth-order valence-electron chi connectivity index (χ4n) is 3.66. The van der Waals surface area contributed by atoms with Crippen LogP contribution in [0.15, 0.2) is 48.5 Å². The Morgan fingerprint density at radius 3 is 2.36 bits per heavy atom. The first-order valence-electron chi connectivity index (χ1n) is 9.30. The lowest BCUT2D eigenvalue weighted by Crippen LogP contribution is -2.36. The summed E-state index contributed by atoms with van der Waals surface area (Å²) in [7, 11) is 4.97. The van der Waals surface area contributed by atoms with Crippen LogP contribution < -0.4 is 14.4 Å². The molecule has 2 amide bonds. The molecule has 1 aliphatic rings. The topological polar surface area (TPSA) is 59.1 Å². The quantitative estimate of drug-likeness (QED) is 0.769. The number of rotatable bonds is 6. The maximum absolute atomic E-state index is 13.1. The second-order valence-electron chi connectivity index (χ2n) is 6.94. The van der Waals surface area contributed by atoms with E-state index in [0.717, 1.165) is 11.3 Å². The molecule has 148 valence electrons. The van der Waals surface area contributed by atoms with Crippen LogP contribution >= 0.6 is 0 Å². The largest absolute Gasteiger partial charge is 0.496 e. The Morgan fingerprint density at radius 1 is 1.07 bits per heavy atom. The molecule has 2 aromatic rings. The highest BCUT2D eigenvalue weighted by Crippen LogP contribution is 2.35. The molecule has 1 heterocycles. The Morgan fingerprint density at radius 2 is 1.68 bits per heavy atom. The van der Waals surface area contributed by atoms with Crippen molar-refractivity contribution in [2.75, 3.05) is 32.7 Å². The number of carbonyl (C=O) groups excluding carboxylic acids is 2.